The number of aryl methyl sites for hydroxylation is 6. The number of hydrogen-bond acceptors (Lipinski definition) is 28. The van der Waals surface area contributed by atoms with Crippen LogP contribution >= 0.6 is 90.3 Å². The van der Waals surface area contributed by atoms with Crippen molar-refractivity contribution < 1.29 is 69.4 Å². The first-order valence-corrected chi connectivity index (χ1v) is 58.8. The number of anilines is 7. The Bertz CT molecular complexity index is 7200. The highest BCUT2D eigenvalue weighted by Crippen LogP contribution is 2.39. The molecule has 47 heteroatoms. The third-order valence-electron chi connectivity index (χ3n) is 21.7. The fourth-order valence-electron chi connectivity index (χ4n) is 13.2. The molecule has 0 radical (unpaired) electrons. The van der Waals surface area contributed by atoms with Crippen LogP contribution in [0.15, 0.2) is 264 Å². The van der Waals surface area contributed by atoms with Crippen LogP contribution in [0.2, 0.25) is 0 Å². The molecule has 4 aliphatic heterocycles. The number of benzene rings is 3. The standard InChI is InChI=1S/C18H23N5O3S.C17H17BrN2O2S.C15H14BrNO2S.C13H19BN2O3.C11H16BrN3O2S.C9H9BrN2O2S.C8H7ClO2S.C6H7BrN2.C2H7N/c1-12-17(23-10-16(22(3)4)11-27(23,25)26)7-15(9-20-12)14-5-6-19-18(8-14)21-13(2)24;1-3-10-20(17-12-16(18)13-19-14(17)2)23(21,22)11-9-15-7-5-4-6-8-15;1-12-14(9-15(16)10-17-12)11-20(18,19)8-7-13-5-3-2-4-6-13;1-9(17)16-11-8-10(6-7-15-11)14-18-12(2,3)13(4,5)19-14;1-8-11(4-9(12)5-13-8)15-6-10(14(2)3)7-18(15,16)17;1-7-9(5-8(10)6-11-7)12-3-2-4-15(12,13)14;9-12(10,11)7-6-8-4-2-1-3-5-8;1-4-6(8)2-5(7)3-9-4;1-3-2/h5-9,16H,10-11H2,1-4H3,(H,19,21,24);3-9,11-13H,1,10H2,2H3;2-10H,11H2,1H3;6-8H,1-5H3,(H,15,16,17);4-5,10H,6-7H2,1-3H3;2,4-6H,3H2,1H3;1-7H;2-3H,8H2,1H3;3H,1-2H3/b;11-9+;8-7+;;;;7-6+;;. The van der Waals surface area contributed by atoms with Crippen molar-refractivity contribution in [2.75, 3.05) is 114 Å². The van der Waals surface area contributed by atoms with Crippen molar-refractivity contribution >= 4 is 232 Å². The lowest BCUT2D eigenvalue weighted by Gasteiger charge is -2.32. The minimum atomic E-state index is -3.65. The number of halogens is 6. The molecule has 11 aromatic rings. The number of nitrogens with zero attached hydrogens (tertiary/aromatic N) is 14. The average molecular weight is 2460 g/mol. The number of amides is 2. The summed E-state index contributed by atoms with van der Waals surface area (Å²) in [4.78, 5) is 59.4. The van der Waals surface area contributed by atoms with Gasteiger partial charge in [-0.25, -0.2) is 60.5 Å². The Morgan fingerprint density at radius 1 is 0.514 bits per heavy atom. The number of nitrogens with one attached hydrogen (secondary N) is 3. The Kier molecular flexibility index (Phi) is 46.9. The highest BCUT2D eigenvalue weighted by Gasteiger charge is 2.52. The van der Waals surface area contributed by atoms with Gasteiger partial charge in [-0.05, 0) is 303 Å². The number of nitrogen functional groups attached to an aromatic ring is 1. The molecule has 3 fully saturated rings. The Hall–Kier alpha value is -10.2. The number of carbonyl (C=O) groups excluding carboxylic acids is 2. The molecule has 3 aromatic carbocycles. The van der Waals surface area contributed by atoms with Crippen LogP contribution in [0.25, 0.3) is 29.4 Å². The summed E-state index contributed by atoms with van der Waals surface area (Å²) >= 11 is 16.5. The molecule has 8 aromatic heterocycles. The number of sulfonamides is 4. The molecule has 5 N–H and O–H groups in total. The molecule has 146 heavy (non-hydrogen) atoms. The quantitative estimate of drug-likeness (QED) is 0.0295. The van der Waals surface area contributed by atoms with Gasteiger partial charge in [-0.15, -0.1) is 6.58 Å². The summed E-state index contributed by atoms with van der Waals surface area (Å²) in [6, 6.07) is 45.5. The summed E-state index contributed by atoms with van der Waals surface area (Å²) in [6.45, 7) is 26.8. The highest BCUT2D eigenvalue weighted by molar-refractivity contribution is 9.11. The maximum absolute atomic E-state index is 12.7. The lowest BCUT2D eigenvalue weighted by atomic mass is 9.80. The van der Waals surface area contributed by atoms with Crippen LogP contribution in [0.3, 0.4) is 0 Å². The van der Waals surface area contributed by atoms with Crippen LogP contribution in [-0.2, 0) is 83.6 Å². The number of rotatable bonds is 21. The summed E-state index contributed by atoms with van der Waals surface area (Å²) in [5, 5.41) is 12.7. The second-order valence-electron chi connectivity index (χ2n) is 34.3. The lowest BCUT2D eigenvalue weighted by Crippen LogP contribution is -2.41. The number of aromatic nitrogens is 8. The number of pyridine rings is 8. The van der Waals surface area contributed by atoms with Crippen molar-refractivity contribution in [2.24, 2.45) is 0 Å². The number of carbonyl (C=O) groups is 2. The number of hydrogen-bond donors (Lipinski definition) is 4. The molecule has 782 valence electrons. The predicted molar refractivity (Wildman–Crippen MR) is 606 cm³/mol. The molecule has 3 saturated heterocycles. The van der Waals surface area contributed by atoms with E-state index < -0.39 is 66.1 Å². The maximum Gasteiger partial charge on any atom is 0.495 e. The second kappa shape index (κ2) is 55.9. The number of likely N-dealkylation sites (N-methyl/N-ethyl adjacent to an activating group) is 2. The summed E-state index contributed by atoms with van der Waals surface area (Å²) < 4.78 is 165. The van der Waals surface area contributed by atoms with E-state index in [9.17, 15) is 60.1 Å². The summed E-state index contributed by atoms with van der Waals surface area (Å²) in [5.41, 5.74) is 17.8. The van der Waals surface area contributed by atoms with Crippen molar-refractivity contribution in [3.05, 3.63) is 320 Å². The number of sulfone groups is 1. The van der Waals surface area contributed by atoms with E-state index >= 15 is 0 Å². The van der Waals surface area contributed by atoms with Gasteiger partial charge < -0.3 is 40.8 Å². The minimum absolute atomic E-state index is 0.0216. The topological polar surface area (TPSA) is 442 Å². The number of nitrogens with two attached hydrogens (primary N) is 1. The van der Waals surface area contributed by atoms with Crippen molar-refractivity contribution in [1.29, 1.82) is 0 Å². The van der Waals surface area contributed by atoms with Gasteiger partial charge in [0.05, 0.1) is 117 Å². The fraction of sp³-hybridized carbons (Fsp3) is 0.293. The molecule has 12 heterocycles. The van der Waals surface area contributed by atoms with E-state index in [-0.39, 0.29) is 58.9 Å². The van der Waals surface area contributed by atoms with Crippen molar-refractivity contribution in [1.82, 2.24) is 55.0 Å². The van der Waals surface area contributed by atoms with Gasteiger partial charge in [0.2, 0.25) is 31.9 Å². The molecular formula is C99H119BBr5ClN18O16S6. The van der Waals surface area contributed by atoms with Crippen LogP contribution in [0.5, 0.6) is 0 Å². The smallest absolute Gasteiger partial charge is 0.399 e. The lowest BCUT2D eigenvalue weighted by molar-refractivity contribution is -0.115. The average Bonchev–Trinajstić information content (AvgIpc) is 1.62. The van der Waals surface area contributed by atoms with Gasteiger partial charge in [0.15, 0.2) is 9.84 Å². The molecule has 0 spiro atoms. The monoisotopic (exact) mass is 2450 g/mol. The zero-order valence-corrected chi connectivity index (χ0v) is 97.3. The Morgan fingerprint density at radius 2 is 0.911 bits per heavy atom. The Morgan fingerprint density at radius 3 is 1.34 bits per heavy atom. The highest BCUT2D eigenvalue weighted by atomic mass is 79.9. The maximum atomic E-state index is 12.7. The van der Waals surface area contributed by atoms with Gasteiger partial charge in [0, 0.05) is 136 Å². The first kappa shape index (κ1) is 123. The predicted octanol–water partition coefficient (Wildman–Crippen LogP) is 17.6. The van der Waals surface area contributed by atoms with Crippen LogP contribution in [0, 0.1) is 41.5 Å². The first-order chi connectivity index (χ1) is 68.3. The van der Waals surface area contributed by atoms with Crippen LogP contribution in [0.4, 0.5) is 40.1 Å². The van der Waals surface area contributed by atoms with Gasteiger partial charge in [-0.3, -0.25) is 56.7 Å². The van der Waals surface area contributed by atoms with Crippen molar-refractivity contribution in [3.8, 4) is 11.1 Å². The molecule has 15 rings (SSSR count). The van der Waals surface area contributed by atoms with E-state index in [1.54, 1.807) is 156 Å². The first-order valence-electron chi connectivity index (χ1n) is 44.6. The second-order valence-corrected chi connectivity index (χ2v) is 50.6. The van der Waals surface area contributed by atoms with Crippen molar-refractivity contribution in [2.45, 2.75) is 112 Å². The van der Waals surface area contributed by atoms with E-state index in [2.05, 4.69) is 142 Å². The van der Waals surface area contributed by atoms with E-state index in [1.807, 2.05) is 191 Å². The molecule has 2 atom stereocenters. The van der Waals surface area contributed by atoms with Crippen LogP contribution in [-0.4, -0.2) is 222 Å². The van der Waals surface area contributed by atoms with Gasteiger partial charge >= 0.3 is 7.12 Å². The van der Waals surface area contributed by atoms with Crippen molar-refractivity contribution in [3.63, 3.8) is 0 Å². The third-order valence-corrected chi connectivity index (χ3v) is 32.5. The molecule has 4 aliphatic rings. The van der Waals surface area contributed by atoms with Gasteiger partial charge in [0.25, 0.3) is 29.1 Å². The zero-order chi connectivity index (χ0) is 109. The summed E-state index contributed by atoms with van der Waals surface area (Å²) in [7, 11) is -4.59. The van der Waals surface area contributed by atoms with Crippen LogP contribution in [0.1, 0.15) is 98.0 Å². The fourth-order valence-corrected chi connectivity index (χ4v) is 23.0. The van der Waals surface area contributed by atoms with E-state index in [1.165, 1.54) is 53.4 Å². The van der Waals surface area contributed by atoms with Gasteiger partial charge in [-0.1, -0.05) is 103 Å². The van der Waals surface area contributed by atoms with E-state index in [4.69, 9.17) is 25.7 Å². The molecular weight excluding hydrogens is 2340 g/mol. The zero-order valence-electron chi connectivity index (χ0n) is 83.7. The largest absolute Gasteiger partial charge is 0.495 e. The molecule has 2 unspecified atom stereocenters. The van der Waals surface area contributed by atoms with Crippen LogP contribution < -0.4 is 44.4 Å². The Balaban J connectivity index is 0.000000229. The summed E-state index contributed by atoms with van der Waals surface area (Å²) in [5.74, 6) is 0.772. The van der Waals surface area contributed by atoms with Gasteiger partial charge in [0.1, 0.15) is 11.6 Å². The molecule has 0 aliphatic carbocycles. The molecule has 2 amide bonds. The molecule has 34 nitrogen and oxygen atoms in total. The van der Waals surface area contributed by atoms with Gasteiger partial charge in [-0.2, -0.15) is 0 Å². The van der Waals surface area contributed by atoms with E-state index in [0.29, 0.717) is 76.7 Å². The normalized spacial score (nSPS) is 16.0. The third kappa shape index (κ3) is 39.0. The van der Waals surface area contributed by atoms with E-state index in [0.717, 1.165) is 83.8 Å². The molecule has 0 saturated carbocycles. The molecule has 0 bridgehead atoms. The Labute approximate surface area is 905 Å². The summed E-state index contributed by atoms with van der Waals surface area (Å²) in [6.07, 6.45) is 21.1. The SMILES string of the molecule is C=CCN(c1cc(Br)cnc1C)S(=O)(=O)/C=C/c1ccccc1.CC(=O)Nc1cc(-c2cnc(C)c(N3CC(N(C)C)CS3(=O)=O)c2)ccn1.CC(=O)Nc1cc(B2OC(C)(C)C(C)(C)O2)ccn1.CNC.Cc1ncc(Br)cc1CS(=O)(=O)/C=C/c1ccccc1.Cc1ncc(Br)cc1N.Cc1ncc(Br)cc1N1CC(N(C)C)CS1(=O)=O.Cc1ncc(Br)cc1N1CC=CS1(=O)=O.O=S(=O)(Cl)/C=C/c1ccccc1. The minimum Gasteiger partial charge on any atom is -0.399 e.